The molecule has 0 bridgehead atoms. The lowest BCUT2D eigenvalue weighted by atomic mass is 10.0. The van der Waals surface area contributed by atoms with Crippen LogP contribution in [0, 0.1) is 12.5 Å². The number of rotatable bonds is 5. The minimum atomic E-state index is -0.379. The molecule has 1 aliphatic heterocycles. The van der Waals surface area contributed by atoms with Crippen molar-refractivity contribution in [2.75, 3.05) is 16.8 Å². The number of ether oxygens (including phenoxy) is 1. The second-order valence-corrected chi connectivity index (χ2v) is 6.57. The Kier molecular flexibility index (Phi) is 5.03. The normalized spacial score (nSPS) is 17.7. The Labute approximate surface area is 152 Å². The molecule has 1 fully saturated rings. The molecule has 1 saturated heterocycles. The average Bonchev–Trinajstić information content (AvgIpc) is 3.04. The van der Waals surface area contributed by atoms with Crippen LogP contribution in [0.15, 0.2) is 36.5 Å². The highest BCUT2D eigenvalue weighted by atomic mass is 16.6. The summed E-state index contributed by atoms with van der Waals surface area (Å²) in [6, 6.07) is 9.00. The average molecular weight is 351 g/mol. The molecular formula is C19H21N5O2. The van der Waals surface area contributed by atoms with Crippen molar-refractivity contribution in [3.8, 4) is 0 Å². The number of amides is 1. The number of nitrogens with one attached hydrogen (secondary N) is 1. The SMILES string of the molecule is [C-]#[N+]c1ccc([C@H](C)Nc2nccc(N3C(=O)OC[C@@H]3C(C)C)n2)cc1. The van der Waals surface area contributed by atoms with E-state index in [1.807, 2.05) is 19.1 Å². The van der Waals surface area contributed by atoms with Crippen LogP contribution in [0.2, 0.25) is 0 Å². The summed E-state index contributed by atoms with van der Waals surface area (Å²) in [6.07, 6.45) is 1.25. The molecule has 7 heteroatoms. The molecule has 0 aliphatic carbocycles. The fourth-order valence-corrected chi connectivity index (χ4v) is 2.86. The van der Waals surface area contributed by atoms with Gasteiger partial charge < -0.3 is 10.1 Å². The van der Waals surface area contributed by atoms with Crippen LogP contribution in [0.3, 0.4) is 0 Å². The van der Waals surface area contributed by atoms with Crippen LogP contribution in [-0.4, -0.2) is 28.7 Å². The van der Waals surface area contributed by atoms with Gasteiger partial charge in [0.2, 0.25) is 5.95 Å². The van der Waals surface area contributed by atoms with E-state index in [1.54, 1.807) is 29.3 Å². The van der Waals surface area contributed by atoms with Gasteiger partial charge in [-0.05, 0) is 24.5 Å². The minimum absolute atomic E-state index is 0.0381. The van der Waals surface area contributed by atoms with Gasteiger partial charge in [0.05, 0.1) is 18.7 Å². The predicted molar refractivity (Wildman–Crippen MR) is 99.2 cm³/mol. The van der Waals surface area contributed by atoms with Crippen LogP contribution in [-0.2, 0) is 4.74 Å². The van der Waals surface area contributed by atoms with Gasteiger partial charge in [0.15, 0.2) is 5.69 Å². The van der Waals surface area contributed by atoms with Crippen molar-refractivity contribution in [3.05, 3.63) is 53.5 Å². The number of hydrogen-bond donors (Lipinski definition) is 1. The first kappa shape index (κ1) is 17.7. The van der Waals surface area contributed by atoms with E-state index < -0.39 is 0 Å². The number of cyclic esters (lactones) is 1. The van der Waals surface area contributed by atoms with Gasteiger partial charge >= 0.3 is 6.09 Å². The fourth-order valence-electron chi connectivity index (χ4n) is 2.86. The van der Waals surface area contributed by atoms with E-state index in [1.165, 1.54) is 0 Å². The Balaban J connectivity index is 1.78. The second kappa shape index (κ2) is 7.40. The first-order valence-electron chi connectivity index (χ1n) is 8.52. The van der Waals surface area contributed by atoms with E-state index in [9.17, 15) is 4.79 Å². The van der Waals surface area contributed by atoms with Gasteiger partial charge in [-0.1, -0.05) is 38.1 Å². The number of nitrogens with zero attached hydrogens (tertiary/aromatic N) is 4. The van der Waals surface area contributed by atoms with E-state index in [2.05, 4.69) is 34.0 Å². The molecule has 1 aromatic heterocycles. The van der Waals surface area contributed by atoms with Crippen molar-refractivity contribution in [1.29, 1.82) is 0 Å². The maximum atomic E-state index is 12.1. The summed E-state index contributed by atoms with van der Waals surface area (Å²) in [7, 11) is 0. The van der Waals surface area contributed by atoms with Crippen LogP contribution >= 0.6 is 0 Å². The standard InChI is InChI=1S/C19H21N5O2/c1-12(2)16-11-26-19(25)24(16)17-9-10-21-18(23-17)22-13(3)14-5-7-15(20-4)8-6-14/h5-10,12-13,16H,11H2,1-3H3,(H,21,22,23)/t13-,16+/m0/s1. The monoisotopic (exact) mass is 351 g/mol. The molecule has 0 saturated carbocycles. The Bertz CT molecular complexity index is 829. The van der Waals surface area contributed by atoms with E-state index >= 15 is 0 Å². The van der Waals surface area contributed by atoms with Crippen molar-refractivity contribution in [3.63, 3.8) is 0 Å². The maximum absolute atomic E-state index is 12.1. The van der Waals surface area contributed by atoms with E-state index in [0.717, 1.165) is 5.56 Å². The maximum Gasteiger partial charge on any atom is 0.415 e. The Morgan fingerprint density at radius 2 is 2.00 bits per heavy atom. The summed E-state index contributed by atoms with van der Waals surface area (Å²) in [5, 5.41) is 3.24. The molecule has 3 rings (SSSR count). The minimum Gasteiger partial charge on any atom is -0.447 e. The largest absolute Gasteiger partial charge is 0.447 e. The zero-order chi connectivity index (χ0) is 18.7. The molecule has 7 nitrogen and oxygen atoms in total. The quantitative estimate of drug-likeness (QED) is 0.818. The number of aromatic nitrogens is 2. The number of carbonyl (C=O) groups is 1. The van der Waals surface area contributed by atoms with Crippen molar-refractivity contribution < 1.29 is 9.53 Å². The molecule has 0 radical (unpaired) electrons. The van der Waals surface area contributed by atoms with Crippen LogP contribution in [0.4, 0.5) is 22.2 Å². The van der Waals surface area contributed by atoms with Crippen molar-refractivity contribution in [2.24, 2.45) is 5.92 Å². The van der Waals surface area contributed by atoms with E-state index in [-0.39, 0.29) is 24.1 Å². The molecule has 1 aliphatic rings. The Morgan fingerprint density at radius 3 is 2.65 bits per heavy atom. The van der Waals surface area contributed by atoms with Gasteiger partial charge in [0.1, 0.15) is 12.4 Å². The van der Waals surface area contributed by atoms with Crippen molar-refractivity contribution in [1.82, 2.24) is 9.97 Å². The molecule has 2 atom stereocenters. The van der Waals surface area contributed by atoms with Crippen LogP contribution in [0.25, 0.3) is 4.85 Å². The highest BCUT2D eigenvalue weighted by molar-refractivity contribution is 5.89. The third-order valence-electron chi connectivity index (χ3n) is 4.43. The summed E-state index contributed by atoms with van der Waals surface area (Å²) in [5.41, 5.74) is 1.62. The first-order valence-corrected chi connectivity index (χ1v) is 8.52. The molecular weight excluding hydrogens is 330 g/mol. The highest BCUT2D eigenvalue weighted by Gasteiger charge is 2.37. The summed E-state index contributed by atoms with van der Waals surface area (Å²) >= 11 is 0. The lowest BCUT2D eigenvalue weighted by Gasteiger charge is -2.23. The molecule has 1 aromatic carbocycles. The summed E-state index contributed by atoms with van der Waals surface area (Å²) in [4.78, 5) is 25.8. The summed E-state index contributed by atoms with van der Waals surface area (Å²) < 4.78 is 5.19. The van der Waals surface area contributed by atoms with Gasteiger partial charge in [0, 0.05) is 6.20 Å². The number of hydrogen-bond acceptors (Lipinski definition) is 5. The van der Waals surface area contributed by atoms with E-state index in [0.29, 0.717) is 24.1 Å². The van der Waals surface area contributed by atoms with Crippen LogP contribution in [0.1, 0.15) is 32.4 Å². The predicted octanol–water partition coefficient (Wildman–Crippen LogP) is 4.18. The van der Waals surface area contributed by atoms with E-state index in [4.69, 9.17) is 11.3 Å². The van der Waals surface area contributed by atoms with Crippen LogP contribution < -0.4 is 10.2 Å². The number of benzene rings is 1. The molecule has 1 N–H and O–H groups in total. The van der Waals surface area contributed by atoms with Gasteiger partial charge in [-0.3, -0.25) is 4.90 Å². The lowest BCUT2D eigenvalue weighted by Crippen LogP contribution is -2.37. The van der Waals surface area contributed by atoms with Crippen LogP contribution in [0.5, 0.6) is 0 Å². The topological polar surface area (TPSA) is 71.7 Å². The lowest BCUT2D eigenvalue weighted by molar-refractivity contribution is 0.177. The molecule has 26 heavy (non-hydrogen) atoms. The highest BCUT2D eigenvalue weighted by Crippen LogP contribution is 2.27. The third kappa shape index (κ3) is 3.59. The Hall–Kier alpha value is -3.14. The number of carbonyl (C=O) groups excluding carboxylic acids is 1. The second-order valence-electron chi connectivity index (χ2n) is 6.57. The van der Waals surface area contributed by atoms with Gasteiger partial charge in [0.25, 0.3) is 0 Å². The molecule has 2 heterocycles. The molecule has 2 aromatic rings. The van der Waals surface area contributed by atoms with Gasteiger partial charge in [-0.15, -0.1) is 0 Å². The summed E-state index contributed by atoms with van der Waals surface area (Å²) in [6.45, 7) is 13.5. The van der Waals surface area contributed by atoms with Crippen molar-refractivity contribution >= 4 is 23.5 Å². The summed E-state index contributed by atoms with van der Waals surface area (Å²) in [5.74, 6) is 1.22. The van der Waals surface area contributed by atoms with Gasteiger partial charge in [-0.2, -0.15) is 4.98 Å². The zero-order valence-electron chi connectivity index (χ0n) is 15.0. The zero-order valence-corrected chi connectivity index (χ0v) is 15.0. The Morgan fingerprint density at radius 1 is 1.27 bits per heavy atom. The smallest absolute Gasteiger partial charge is 0.415 e. The van der Waals surface area contributed by atoms with Crippen molar-refractivity contribution in [2.45, 2.75) is 32.9 Å². The number of anilines is 2. The molecule has 1 amide bonds. The first-order chi connectivity index (χ1) is 12.5. The molecule has 134 valence electrons. The third-order valence-corrected chi connectivity index (χ3v) is 4.43. The fraction of sp³-hybridized carbons (Fsp3) is 0.368. The molecule has 0 spiro atoms. The van der Waals surface area contributed by atoms with Gasteiger partial charge in [-0.25, -0.2) is 14.6 Å². The molecule has 0 unspecified atom stereocenters.